The average molecular weight is 274 g/mol. The van der Waals surface area contributed by atoms with Gasteiger partial charge in [-0.25, -0.2) is 4.98 Å². The Kier molecular flexibility index (Phi) is 3.06. The molecule has 0 atom stereocenters. The highest BCUT2D eigenvalue weighted by molar-refractivity contribution is 7.22. The fourth-order valence-corrected chi connectivity index (χ4v) is 3.55. The van der Waals surface area contributed by atoms with Crippen molar-refractivity contribution in [2.75, 3.05) is 5.32 Å². The third-order valence-electron chi connectivity index (χ3n) is 2.93. The normalized spacial score (nSPS) is 11.0. The maximum atomic E-state index is 4.61. The van der Waals surface area contributed by atoms with Crippen molar-refractivity contribution in [3.05, 3.63) is 45.6 Å². The Morgan fingerprint density at radius 2 is 2.11 bits per heavy atom. The van der Waals surface area contributed by atoms with Gasteiger partial charge >= 0.3 is 0 Å². The van der Waals surface area contributed by atoms with E-state index in [1.165, 1.54) is 21.4 Å². The van der Waals surface area contributed by atoms with E-state index >= 15 is 0 Å². The predicted octanol–water partition coefficient (Wildman–Crippen LogP) is 4.59. The second-order valence-electron chi connectivity index (χ2n) is 4.42. The molecule has 0 radical (unpaired) electrons. The van der Waals surface area contributed by atoms with Crippen LogP contribution in [0.5, 0.6) is 0 Å². The summed E-state index contributed by atoms with van der Waals surface area (Å²) in [6, 6.07) is 6.41. The van der Waals surface area contributed by atoms with Crippen molar-refractivity contribution in [2.45, 2.75) is 20.4 Å². The fraction of sp³-hybridized carbons (Fsp3) is 0.214. The van der Waals surface area contributed by atoms with Crippen LogP contribution in [-0.2, 0) is 6.54 Å². The quantitative estimate of drug-likeness (QED) is 0.755. The van der Waals surface area contributed by atoms with E-state index in [-0.39, 0.29) is 0 Å². The second kappa shape index (κ2) is 4.71. The van der Waals surface area contributed by atoms with E-state index in [4.69, 9.17) is 0 Å². The third kappa shape index (κ3) is 2.26. The van der Waals surface area contributed by atoms with Gasteiger partial charge in [-0.1, -0.05) is 17.4 Å². The van der Waals surface area contributed by atoms with Gasteiger partial charge in [0.15, 0.2) is 5.13 Å². The molecule has 0 aliphatic heterocycles. The molecule has 0 bridgehead atoms. The van der Waals surface area contributed by atoms with Gasteiger partial charge in [0.2, 0.25) is 0 Å². The largest absolute Gasteiger partial charge is 0.357 e. The van der Waals surface area contributed by atoms with E-state index in [0.29, 0.717) is 0 Å². The maximum Gasteiger partial charge on any atom is 0.184 e. The molecule has 0 aliphatic carbocycles. The highest BCUT2D eigenvalue weighted by Gasteiger charge is 2.04. The SMILES string of the molecule is Cc1ccc2sc(NCc3cscc3C)nc2c1. The molecule has 2 nitrogen and oxygen atoms in total. The molecule has 0 amide bonds. The summed E-state index contributed by atoms with van der Waals surface area (Å²) in [6.07, 6.45) is 0. The summed E-state index contributed by atoms with van der Waals surface area (Å²) in [4.78, 5) is 4.61. The van der Waals surface area contributed by atoms with Gasteiger partial charge in [0, 0.05) is 6.54 Å². The number of aryl methyl sites for hydroxylation is 2. The van der Waals surface area contributed by atoms with Crippen LogP contribution in [0.1, 0.15) is 16.7 Å². The van der Waals surface area contributed by atoms with E-state index in [1.807, 2.05) is 0 Å². The van der Waals surface area contributed by atoms with Gasteiger partial charge in [0.25, 0.3) is 0 Å². The molecule has 0 unspecified atom stereocenters. The molecule has 2 heterocycles. The Labute approximate surface area is 114 Å². The summed E-state index contributed by atoms with van der Waals surface area (Å²) in [5, 5.41) is 8.79. The fourth-order valence-electron chi connectivity index (χ4n) is 1.85. The van der Waals surface area contributed by atoms with Crippen LogP contribution in [0.2, 0.25) is 0 Å². The third-order valence-corrected chi connectivity index (χ3v) is 4.84. The number of thiazole rings is 1. The van der Waals surface area contributed by atoms with Crippen LogP contribution in [-0.4, -0.2) is 4.98 Å². The Bertz CT molecular complexity index is 682. The van der Waals surface area contributed by atoms with Gasteiger partial charge in [0.05, 0.1) is 10.2 Å². The number of nitrogens with one attached hydrogen (secondary N) is 1. The number of fused-ring (bicyclic) bond motifs is 1. The first-order chi connectivity index (χ1) is 8.72. The summed E-state index contributed by atoms with van der Waals surface area (Å²) in [5.74, 6) is 0. The zero-order valence-corrected chi connectivity index (χ0v) is 12.0. The Morgan fingerprint density at radius 1 is 1.22 bits per heavy atom. The van der Waals surface area contributed by atoms with Crippen LogP contribution in [0.4, 0.5) is 5.13 Å². The number of thiophene rings is 1. The number of benzene rings is 1. The molecule has 0 saturated heterocycles. The van der Waals surface area contributed by atoms with Crippen molar-refractivity contribution in [2.24, 2.45) is 0 Å². The molecule has 4 heteroatoms. The molecular formula is C14H14N2S2. The number of anilines is 1. The Hall–Kier alpha value is -1.39. The Morgan fingerprint density at radius 3 is 2.89 bits per heavy atom. The van der Waals surface area contributed by atoms with Crippen molar-refractivity contribution >= 4 is 38.0 Å². The van der Waals surface area contributed by atoms with Gasteiger partial charge in [-0.3, -0.25) is 0 Å². The van der Waals surface area contributed by atoms with Gasteiger partial charge < -0.3 is 5.32 Å². The summed E-state index contributed by atoms with van der Waals surface area (Å²) < 4.78 is 1.24. The first-order valence-corrected chi connectivity index (χ1v) is 7.61. The van der Waals surface area contributed by atoms with Crippen LogP contribution >= 0.6 is 22.7 Å². The molecule has 18 heavy (non-hydrogen) atoms. The molecule has 2 aromatic heterocycles. The molecule has 92 valence electrons. The van der Waals surface area contributed by atoms with Crippen molar-refractivity contribution in [3.63, 3.8) is 0 Å². The molecule has 0 aliphatic rings. The first kappa shape index (κ1) is 11.7. The summed E-state index contributed by atoms with van der Waals surface area (Å²) in [7, 11) is 0. The minimum atomic E-state index is 0.855. The van der Waals surface area contributed by atoms with Gasteiger partial charge in [-0.15, -0.1) is 0 Å². The lowest BCUT2D eigenvalue weighted by Gasteiger charge is -2.00. The van der Waals surface area contributed by atoms with Crippen molar-refractivity contribution in [1.29, 1.82) is 0 Å². The van der Waals surface area contributed by atoms with Crippen molar-refractivity contribution in [1.82, 2.24) is 4.98 Å². The first-order valence-electron chi connectivity index (χ1n) is 5.85. The molecule has 3 aromatic rings. The van der Waals surface area contributed by atoms with Crippen LogP contribution in [0.15, 0.2) is 29.0 Å². The van der Waals surface area contributed by atoms with Crippen molar-refractivity contribution in [3.8, 4) is 0 Å². The van der Waals surface area contributed by atoms with Gasteiger partial charge in [-0.2, -0.15) is 11.3 Å². The zero-order valence-electron chi connectivity index (χ0n) is 10.4. The second-order valence-corrected chi connectivity index (χ2v) is 6.20. The molecule has 1 aromatic carbocycles. The van der Waals surface area contributed by atoms with Gasteiger partial charge in [-0.05, 0) is 53.4 Å². The van der Waals surface area contributed by atoms with Crippen molar-refractivity contribution < 1.29 is 0 Å². The van der Waals surface area contributed by atoms with Crippen LogP contribution < -0.4 is 5.32 Å². The summed E-state index contributed by atoms with van der Waals surface area (Å²) >= 11 is 3.47. The molecule has 0 spiro atoms. The summed E-state index contributed by atoms with van der Waals surface area (Å²) in [5.41, 5.74) is 5.05. The number of rotatable bonds is 3. The van der Waals surface area contributed by atoms with Crippen LogP contribution in [0, 0.1) is 13.8 Å². The minimum absolute atomic E-state index is 0.855. The lowest BCUT2D eigenvalue weighted by atomic mass is 10.2. The Balaban J connectivity index is 1.81. The number of aromatic nitrogens is 1. The smallest absolute Gasteiger partial charge is 0.184 e. The van der Waals surface area contributed by atoms with Crippen LogP contribution in [0.25, 0.3) is 10.2 Å². The topological polar surface area (TPSA) is 24.9 Å². The van der Waals surface area contributed by atoms with E-state index in [0.717, 1.165) is 17.2 Å². The lowest BCUT2D eigenvalue weighted by Crippen LogP contribution is -1.98. The molecular weight excluding hydrogens is 260 g/mol. The highest BCUT2D eigenvalue weighted by atomic mass is 32.1. The number of hydrogen-bond donors (Lipinski definition) is 1. The van der Waals surface area contributed by atoms with E-state index in [9.17, 15) is 0 Å². The number of hydrogen-bond acceptors (Lipinski definition) is 4. The summed E-state index contributed by atoms with van der Waals surface area (Å²) in [6.45, 7) is 5.10. The predicted molar refractivity (Wildman–Crippen MR) is 80.7 cm³/mol. The minimum Gasteiger partial charge on any atom is -0.357 e. The van der Waals surface area contributed by atoms with Crippen LogP contribution in [0.3, 0.4) is 0 Å². The highest BCUT2D eigenvalue weighted by Crippen LogP contribution is 2.27. The molecule has 1 N–H and O–H groups in total. The number of nitrogens with zero attached hydrogens (tertiary/aromatic N) is 1. The molecule has 3 rings (SSSR count). The molecule has 0 fully saturated rings. The van der Waals surface area contributed by atoms with E-state index in [2.05, 4.69) is 53.1 Å². The van der Waals surface area contributed by atoms with Gasteiger partial charge in [0.1, 0.15) is 0 Å². The zero-order chi connectivity index (χ0) is 12.5. The van der Waals surface area contributed by atoms with E-state index < -0.39 is 0 Å². The maximum absolute atomic E-state index is 4.61. The molecule has 0 saturated carbocycles. The standard InChI is InChI=1S/C14H14N2S2/c1-9-3-4-13-12(5-9)16-14(18-13)15-6-11-8-17-7-10(11)2/h3-5,7-8H,6H2,1-2H3,(H,15,16). The lowest BCUT2D eigenvalue weighted by molar-refractivity contribution is 1.13. The monoisotopic (exact) mass is 274 g/mol. The van der Waals surface area contributed by atoms with E-state index in [1.54, 1.807) is 22.7 Å². The average Bonchev–Trinajstić information content (AvgIpc) is 2.92.